The summed E-state index contributed by atoms with van der Waals surface area (Å²) in [4.78, 5) is 38.3. The molecule has 0 aliphatic carbocycles. The quantitative estimate of drug-likeness (QED) is 0.847. The molecule has 0 saturated heterocycles. The molecule has 2 atom stereocenters. The zero-order valence-electron chi connectivity index (χ0n) is 15.2. The van der Waals surface area contributed by atoms with Gasteiger partial charge >= 0.3 is 0 Å². The molecule has 2 aromatic rings. The number of primary amides is 1. The lowest BCUT2D eigenvalue weighted by atomic mass is 9.90. The first-order valence-electron chi connectivity index (χ1n) is 8.96. The summed E-state index contributed by atoms with van der Waals surface area (Å²) in [5.41, 5.74) is 8.23. The Morgan fingerprint density at radius 3 is 2.44 bits per heavy atom. The molecule has 0 fully saturated rings. The van der Waals surface area contributed by atoms with Crippen LogP contribution in [-0.2, 0) is 20.8 Å². The van der Waals surface area contributed by atoms with E-state index in [2.05, 4.69) is 5.32 Å². The first-order chi connectivity index (χ1) is 13.0. The molecule has 0 spiro atoms. The number of hydrogen-bond acceptors (Lipinski definition) is 3. The van der Waals surface area contributed by atoms with Crippen molar-refractivity contribution >= 4 is 17.7 Å². The molecule has 1 heterocycles. The number of nitrogens with zero attached hydrogens (tertiary/aromatic N) is 1. The van der Waals surface area contributed by atoms with Gasteiger partial charge in [0.25, 0.3) is 0 Å². The Hall–Kier alpha value is -3.15. The topological polar surface area (TPSA) is 92.5 Å². The Morgan fingerprint density at radius 2 is 1.78 bits per heavy atom. The van der Waals surface area contributed by atoms with E-state index < -0.39 is 11.9 Å². The van der Waals surface area contributed by atoms with Crippen LogP contribution >= 0.6 is 0 Å². The van der Waals surface area contributed by atoms with E-state index in [1.807, 2.05) is 30.3 Å². The van der Waals surface area contributed by atoms with Crippen molar-refractivity contribution in [2.24, 2.45) is 5.73 Å². The predicted molar refractivity (Wildman–Crippen MR) is 101 cm³/mol. The molecule has 3 rings (SSSR count). The van der Waals surface area contributed by atoms with E-state index in [0.29, 0.717) is 12.1 Å². The number of amides is 3. The third-order valence-electron chi connectivity index (χ3n) is 4.92. The lowest BCUT2D eigenvalue weighted by molar-refractivity contribution is -0.134. The van der Waals surface area contributed by atoms with Gasteiger partial charge in [-0.2, -0.15) is 0 Å². The van der Waals surface area contributed by atoms with E-state index in [1.54, 1.807) is 29.2 Å². The molecule has 0 bridgehead atoms. The molecule has 27 heavy (non-hydrogen) atoms. The van der Waals surface area contributed by atoms with E-state index >= 15 is 0 Å². The van der Waals surface area contributed by atoms with Crippen LogP contribution in [-0.4, -0.2) is 29.2 Å². The number of hydrogen-bond donors (Lipinski definition) is 2. The van der Waals surface area contributed by atoms with Crippen molar-refractivity contribution in [1.29, 1.82) is 0 Å². The van der Waals surface area contributed by atoms with Gasteiger partial charge in [-0.1, -0.05) is 54.6 Å². The van der Waals surface area contributed by atoms with Crippen molar-refractivity contribution < 1.29 is 14.4 Å². The second-order valence-corrected chi connectivity index (χ2v) is 6.69. The van der Waals surface area contributed by atoms with Gasteiger partial charge in [-0.05, 0) is 23.1 Å². The summed E-state index contributed by atoms with van der Waals surface area (Å²) in [5, 5.41) is 2.72. The molecule has 2 unspecified atom stereocenters. The maximum Gasteiger partial charge on any atom is 0.244 e. The number of nitrogens with one attached hydrogen (secondary N) is 1. The number of carbonyl (C=O) groups excluding carboxylic acids is 3. The Morgan fingerprint density at radius 1 is 1.11 bits per heavy atom. The Bertz CT molecular complexity index is 851. The molecule has 0 saturated carbocycles. The molecule has 140 valence electrons. The second-order valence-electron chi connectivity index (χ2n) is 6.69. The van der Waals surface area contributed by atoms with Gasteiger partial charge in [0.1, 0.15) is 6.04 Å². The summed E-state index contributed by atoms with van der Waals surface area (Å²) in [5.74, 6) is -1.02. The van der Waals surface area contributed by atoms with Gasteiger partial charge in [-0.15, -0.1) is 0 Å². The maximum atomic E-state index is 12.7. The number of carbonyl (C=O) groups is 3. The number of benzene rings is 2. The highest BCUT2D eigenvalue weighted by atomic mass is 16.2. The predicted octanol–water partition coefficient (Wildman–Crippen LogP) is 1.87. The van der Waals surface area contributed by atoms with Gasteiger partial charge in [-0.3, -0.25) is 14.4 Å². The average molecular weight is 365 g/mol. The fourth-order valence-electron chi connectivity index (χ4n) is 3.61. The summed E-state index contributed by atoms with van der Waals surface area (Å²) >= 11 is 0. The molecule has 1 aliphatic rings. The van der Waals surface area contributed by atoms with Crippen LogP contribution in [0, 0.1) is 0 Å². The van der Waals surface area contributed by atoms with Gasteiger partial charge in [0.15, 0.2) is 0 Å². The molecule has 0 radical (unpaired) electrons. The van der Waals surface area contributed by atoms with Crippen molar-refractivity contribution in [2.75, 3.05) is 6.54 Å². The molecule has 6 heteroatoms. The van der Waals surface area contributed by atoms with Crippen molar-refractivity contribution in [2.45, 2.75) is 31.8 Å². The van der Waals surface area contributed by atoms with Gasteiger partial charge < -0.3 is 16.0 Å². The number of fused-ring (bicyclic) bond motifs is 1. The van der Waals surface area contributed by atoms with Crippen molar-refractivity contribution in [3.63, 3.8) is 0 Å². The van der Waals surface area contributed by atoms with Crippen LogP contribution in [0.2, 0.25) is 0 Å². The minimum Gasteiger partial charge on any atom is -0.368 e. The zero-order valence-corrected chi connectivity index (χ0v) is 15.2. The van der Waals surface area contributed by atoms with Crippen LogP contribution in [0.4, 0.5) is 0 Å². The van der Waals surface area contributed by atoms with Gasteiger partial charge in [0.2, 0.25) is 17.7 Å². The zero-order chi connectivity index (χ0) is 19.4. The number of nitrogens with two attached hydrogens (primary N) is 1. The Kier molecular flexibility index (Phi) is 5.54. The van der Waals surface area contributed by atoms with Crippen molar-refractivity contribution in [3.05, 3.63) is 71.3 Å². The first kappa shape index (κ1) is 18.6. The molecule has 3 amide bonds. The maximum absolute atomic E-state index is 12.7. The molecule has 3 N–H and O–H groups in total. The third-order valence-corrected chi connectivity index (χ3v) is 4.92. The Balaban J connectivity index is 1.81. The van der Waals surface area contributed by atoms with Gasteiger partial charge in [0.05, 0.1) is 12.5 Å². The third kappa shape index (κ3) is 4.16. The average Bonchev–Trinajstić information content (AvgIpc) is 2.66. The van der Waals surface area contributed by atoms with Crippen molar-refractivity contribution in [3.8, 4) is 0 Å². The molecular formula is C21H23N3O3. The normalized spacial score (nSPS) is 16.9. The van der Waals surface area contributed by atoms with Crippen LogP contribution in [0.25, 0.3) is 0 Å². The molecule has 2 aromatic carbocycles. The first-order valence-corrected chi connectivity index (χ1v) is 8.96. The highest BCUT2D eigenvalue weighted by Crippen LogP contribution is 2.32. The lowest BCUT2D eigenvalue weighted by Gasteiger charge is -2.36. The molecule has 0 aromatic heterocycles. The van der Waals surface area contributed by atoms with E-state index in [-0.39, 0.29) is 24.3 Å². The lowest BCUT2D eigenvalue weighted by Crippen LogP contribution is -2.43. The van der Waals surface area contributed by atoms with E-state index in [9.17, 15) is 14.4 Å². The smallest absolute Gasteiger partial charge is 0.244 e. The number of rotatable bonds is 5. The largest absolute Gasteiger partial charge is 0.368 e. The summed E-state index contributed by atoms with van der Waals surface area (Å²) in [6, 6.07) is 15.5. The minimum absolute atomic E-state index is 0.0724. The van der Waals surface area contributed by atoms with Crippen molar-refractivity contribution in [1.82, 2.24) is 10.2 Å². The fourth-order valence-corrected chi connectivity index (χ4v) is 3.61. The van der Waals surface area contributed by atoms with E-state index in [4.69, 9.17) is 5.73 Å². The standard InChI is InChI=1S/C21H23N3O3/c1-14(25)24-12-11-15-7-5-6-10-17(15)18(24)13-19(26)23-20(21(22)27)16-8-3-2-4-9-16/h2-10,18,20H,11-13H2,1H3,(H2,22,27)(H,23,26). The Labute approximate surface area is 158 Å². The van der Waals surface area contributed by atoms with E-state index in [1.165, 1.54) is 6.92 Å². The highest BCUT2D eigenvalue weighted by Gasteiger charge is 2.31. The van der Waals surface area contributed by atoms with E-state index in [0.717, 1.165) is 17.5 Å². The SMILES string of the molecule is CC(=O)N1CCc2ccccc2C1CC(=O)NC(C(N)=O)c1ccccc1. The fraction of sp³-hybridized carbons (Fsp3) is 0.286. The molecular weight excluding hydrogens is 342 g/mol. The van der Waals surface area contributed by atoms with Crippen LogP contribution in [0.5, 0.6) is 0 Å². The van der Waals surface area contributed by atoms with Crippen LogP contribution in [0.3, 0.4) is 0 Å². The highest BCUT2D eigenvalue weighted by molar-refractivity contribution is 5.88. The summed E-state index contributed by atoms with van der Waals surface area (Å²) in [6.45, 7) is 2.08. The molecule has 1 aliphatic heterocycles. The second kappa shape index (κ2) is 8.03. The van der Waals surface area contributed by atoms with Gasteiger partial charge in [0, 0.05) is 13.5 Å². The minimum atomic E-state index is -0.900. The monoisotopic (exact) mass is 365 g/mol. The summed E-state index contributed by atoms with van der Waals surface area (Å²) in [7, 11) is 0. The molecule has 6 nitrogen and oxygen atoms in total. The van der Waals surface area contributed by atoms with Crippen LogP contribution in [0.15, 0.2) is 54.6 Å². The van der Waals surface area contributed by atoms with Crippen LogP contribution in [0.1, 0.15) is 42.1 Å². The summed E-state index contributed by atoms with van der Waals surface area (Å²) < 4.78 is 0. The summed E-state index contributed by atoms with van der Waals surface area (Å²) in [6.07, 6.45) is 0.842. The van der Waals surface area contributed by atoms with Crippen LogP contribution < -0.4 is 11.1 Å². The van der Waals surface area contributed by atoms with Gasteiger partial charge in [-0.25, -0.2) is 0 Å².